The number of ether oxygens (including phenoxy) is 2. The minimum atomic E-state index is -0.520. The molecule has 1 atom stereocenters. The van der Waals surface area contributed by atoms with Crippen molar-refractivity contribution in [3.8, 4) is 17.2 Å². The first kappa shape index (κ1) is 20.3. The van der Waals surface area contributed by atoms with E-state index in [0.717, 1.165) is 43.4 Å². The van der Waals surface area contributed by atoms with Gasteiger partial charge in [-0.15, -0.1) is 0 Å². The van der Waals surface area contributed by atoms with Crippen LogP contribution in [0.1, 0.15) is 0 Å². The molecule has 0 aromatic heterocycles. The van der Waals surface area contributed by atoms with Gasteiger partial charge in [0.1, 0.15) is 30.0 Å². The van der Waals surface area contributed by atoms with E-state index < -0.39 is 6.10 Å². The van der Waals surface area contributed by atoms with Crippen LogP contribution in [0.15, 0.2) is 84.9 Å². The number of nitrogens with zero attached hydrogens (tertiary/aromatic N) is 2. The molecule has 3 aromatic carbocycles. The number of hydrogen-bond acceptors (Lipinski definition) is 5. The lowest BCUT2D eigenvalue weighted by molar-refractivity contribution is 0.0663. The van der Waals surface area contributed by atoms with Gasteiger partial charge in [-0.25, -0.2) is 0 Å². The normalized spacial score (nSPS) is 15.6. The van der Waals surface area contributed by atoms with Crippen LogP contribution >= 0.6 is 0 Å². The zero-order chi connectivity index (χ0) is 20.6. The third kappa shape index (κ3) is 5.75. The Morgan fingerprint density at radius 1 is 0.700 bits per heavy atom. The third-order valence-corrected chi connectivity index (χ3v) is 5.21. The summed E-state index contributed by atoms with van der Waals surface area (Å²) >= 11 is 0. The van der Waals surface area contributed by atoms with Crippen LogP contribution in [0, 0.1) is 0 Å². The number of benzene rings is 3. The minimum absolute atomic E-state index is 0.276. The van der Waals surface area contributed by atoms with E-state index in [4.69, 9.17) is 9.47 Å². The highest BCUT2D eigenvalue weighted by molar-refractivity contribution is 5.46. The molecule has 3 aromatic rings. The van der Waals surface area contributed by atoms with Gasteiger partial charge in [-0.3, -0.25) is 4.90 Å². The smallest absolute Gasteiger partial charge is 0.127 e. The van der Waals surface area contributed by atoms with Crippen molar-refractivity contribution in [2.45, 2.75) is 6.10 Å². The van der Waals surface area contributed by atoms with Crippen molar-refractivity contribution in [1.82, 2.24) is 4.90 Å². The summed E-state index contributed by atoms with van der Waals surface area (Å²) in [6.07, 6.45) is -0.520. The molecule has 1 fully saturated rings. The summed E-state index contributed by atoms with van der Waals surface area (Å²) in [4.78, 5) is 4.68. The molecular formula is C25H28N2O3. The average molecular weight is 405 g/mol. The Hall–Kier alpha value is -3.02. The van der Waals surface area contributed by atoms with Crippen LogP contribution in [-0.4, -0.2) is 55.4 Å². The Kier molecular flexibility index (Phi) is 6.85. The van der Waals surface area contributed by atoms with Crippen LogP contribution in [0.5, 0.6) is 17.2 Å². The summed E-state index contributed by atoms with van der Waals surface area (Å²) in [6, 6.07) is 27.6. The predicted octanol–water partition coefficient (Wildman–Crippen LogP) is 4.04. The van der Waals surface area contributed by atoms with Gasteiger partial charge in [-0.05, 0) is 48.5 Å². The standard InChI is InChI=1S/C25H28N2O3/c28-22(19-26-15-17-27(18-16-26)21-7-3-1-4-8-21)20-29-23-11-13-25(14-12-23)30-24-9-5-2-6-10-24/h1-14,22,28H,15-20H2/t22-/m0/s1. The fraction of sp³-hybridized carbons (Fsp3) is 0.280. The largest absolute Gasteiger partial charge is 0.491 e. The molecule has 156 valence electrons. The minimum Gasteiger partial charge on any atom is -0.491 e. The van der Waals surface area contributed by atoms with Crippen molar-refractivity contribution >= 4 is 5.69 Å². The van der Waals surface area contributed by atoms with Gasteiger partial charge >= 0.3 is 0 Å². The van der Waals surface area contributed by atoms with Gasteiger partial charge in [-0.2, -0.15) is 0 Å². The van der Waals surface area contributed by atoms with Crippen molar-refractivity contribution in [3.63, 3.8) is 0 Å². The third-order valence-electron chi connectivity index (χ3n) is 5.21. The second-order valence-corrected chi connectivity index (χ2v) is 7.47. The maximum atomic E-state index is 10.4. The number of β-amino-alcohol motifs (C(OH)–C–C–N with tert-alkyl or cyclic N) is 1. The lowest BCUT2D eigenvalue weighted by atomic mass is 10.2. The molecule has 0 amide bonds. The van der Waals surface area contributed by atoms with Gasteiger partial charge in [0.05, 0.1) is 0 Å². The van der Waals surface area contributed by atoms with Crippen molar-refractivity contribution in [2.24, 2.45) is 0 Å². The lowest BCUT2D eigenvalue weighted by Gasteiger charge is -2.36. The Morgan fingerprint density at radius 2 is 1.27 bits per heavy atom. The number of para-hydroxylation sites is 2. The van der Waals surface area contributed by atoms with Crippen LogP contribution in [-0.2, 0) is 0 Å². The Morgan fingerprint density at radius 3 is 1.93 bits per heavy atom. The molecule has 0 aliphatic carbocycles. The van der Waals surface area contributed by atoms with E-state index in [1.54, 1.807) is 0 Å². The maximum Gasteiger partial charge on any atom is 0.127 e. The molecule has 0 unspecified atom stereocenters. The lowest BCUT2D eigenvalue weighted by Crippen LogP contribution is -2.49. The monoisotopic (exact) mass is 404 g/mol. The van der Waals surface area contributed by atoms with Gasteiger partial charge in [0.2, 0.25) is 0 Å². The van der Waals surface area contributed by atoms with Crippen LogP contribution in [0.2, 0.25) is 0 Å². The van der Waals surface area contributed by atoms with Crippen LogP contribution in [0.25, 0.3) is 0 Å². The Labute approximate surface area is 178 Å². The van der Waals surface area contributed by atoms with Gasteiger partial charge in [0.15, 0.2) is 0 Å². The van der Waals surface area contributed by atoms with Gasteiger partial charge in [0.25, 0.3) is 0 Å². The second kappa shape index (κ2) is 10.1. The first-order valence-electron chi connectivity index (χ1n) is 10.4. The molecule has 1 N–H and O–H groups in total. The molecule has 0 bridgehead atoms. The fourth-order valence-corrected chi connectivity index (χ4v) is 3.60. The molecule has 0 radical (unpaired) electrons. The summed E-state index contributed by atoms with van der Waals surface area (Å²) in [5.41, 5.74) is 1.26. The number of piperazine rings is 1. The molecule has 1 aliphatic heterocycles. The highest BCUT2D eigenvalue weighted by Gasteiger charge is 2.19. The number of hydrogen-bond donors (Lipinski definition) is 1. The predicted molar refractivity (Wildman–Crippen MR) is 120 cm³/mol. The fourth-order valence-electron chi connectivity index (χ4n) is 3.60. The van der Waals surface area contributed by atoms with E-state index in [2.05, 4.69) is 34.1 Å². The molecule has 4 rings (SSSR count). The Balaban J connectivity index is 1.18. The Bertz CT molecular complexity index is 879. The van der Waals surface area contributed by atoms with Crippen molar-refractivity contribution in [1.29, 1.82) is 0 Å². The van der Waals surface area contributed by atoms with E-state index in [0.29, 0.717) is 6.54 Å². The highest BCUT2D eigenvalue weighted by atomic mass is 16.5. The molecule has 1 heterocycles. The summed E-state index contributed by atoms with van der Waals surface area (Å²) in [5.74, 6) is 2.28. The maximum absolute atomic E-state index is 10.4. The molecule has 1 saturated heterocycles. The van der Waals surface area contributed by atoms with Crippen LogP contribution in [0.3, 0.4) is 0 Å². The molecule has 0 saturated carbocycles. The zero-order valence-corrected chi connectivity index (χ0v) is 17.1. The van der Waals surface area contributed by atoms with E-state index in [1.165, 1.54) is 5.69 Å². The second-order valence-electron chi connectivity index (χ2n) is 7.47. The van der Waals surface area contributed by atoms with E-state index in [-0.39, 0.29) is 6.61 Å². The van der Waals surface area contributed by atoms with Gasteiger partial charge in [0, 0.05) is 38.4 Å². The van der Waals surface area contributed by atoms with Crippen molar-refractivity contribution in [2.75, 3.05) is 44.2 Å². The van der Waals surface area contributed by atoms with Gasteiger partial charge < -0.3 is 19.5 Å². The van der Waals surface area contributed by atoms with Crippen molar-refractivity contribution < 1.29 is 14.6 Å². The quantitative estimate of drug-likeness (QED) is 0.614. The molecule has 30 heavy (non-hydrogen) atoms. The summed E-state index contributed by atoms with van der Waals surface area (Å²) in [6.45, 7) is 4.73. The topological polar surface area (TPSA) is 45.2 Å². The number of aliphatic hydroxyl groups excluding tert-OH is 1. The summed E-state index contributed by atoms with van der Waals surface area (Å²) in [5, 5.41) is 10.4. The van der Waals surface area contributed by atoms with E-state index in [1.807, 2.05) is 60.7 Å². The van der Waals surface area contributed by atoms with E-state index >= 15 is 0 Å². The van der Waals surface area contributed by atoms with Gasteiger partial charge in [-0.1, -0.05) is 36.4 Å². The first-order chi connectivity index (χ1) is 14.8. The summed E-state index contributed by atoms with van der Waals surface area (Å²) in [7, 11) is 0. The zero-order valence-electron chi connectivity index (χ0n) is 17.1. The molecule has 0 spiro atoms. The summed E-state index contributed by atoms with van der Waals surface area (Å²) < 4.78 is 11.5. The highest BCUT2D eigenvalue weighted by Crippen LogP contribution is 2.23. The SMILES string of the molecule is O[C@H](COc1ccc(Oc2ccccc2)cc1)CN1CCN(c2ccccc2)CC1. The molecule has 1 aliphatic rings. The van der Waals surface area contributed by atoms with E-state index in [9.17, 15) is 5.11 Å². The molecule has 5 heteroatoms. The first-order valence-corrected chi connectivity index (χ1v) is 10.4. The number of anilines is 1. The number of rotatable bonds is 8. The van der Waals surface area contributed by atoms with Crippen LogP contribution < -0.4 is 14.4 Å². The van der Waals surface area contributed by atoms with Crippen LogP contribution in [0.4, 0.5) is 5.69 Å². The molecule has 5 nitrogen and oxygen atoms in total. The average Bonchev–Trinajstić information content (AvgIpc) is 2.80. The molecular weight excluding hydrogens is 376 g/mol. The number of aliphatic hydroxyl groups is 1. The van der Waals surface area contributed by atoms with Crippen molar-refractivity contribution in [3.05, 3.63) is 84.9 Å².